The van der Waals surface area contributed by atoms with Gasteiger partial charge in [-0.2, -0.15) is 10.2 Å². The zero-order chi connectivity index (χ0) is 22.0. The summed E-state index contributed by atoms with van der Waals surface area (Å²) in [4.78, 5) is 12.7. The number of carbonyl (C=O) groups is 1. The second-order valence-corrected chi connectivity index (χ2v) is 8.15. The van der Waals surface area contributed by atoms with Crippen LogP contribution in [-0.4, -0.2) is 25.5 Å². The van der Waals surface area contributed by atoms with Gasteiger partial charge in [0.2, 0.25) is 0 Å². The fourth-order valence-corrected chi connectivity index (χ4v) is 3.64. The normalized spacial score (nSPS) is 11.0. The molecule has 0 atom stereocenters. The average Bonchev–Trinajstić information content (AvgIpc) is 3.27. The summed E-state index contributed by atoms with van der Waals surface area (Å²) in [6, 6.07) is 13.8. The Labute approximate surface area is 187 Å². The monoisotopic (exact) mass is 481 g/mol. The molecule has 2 heterocycles. The summed E-state index contributed by atoms with van der Waals surface area (Å²) < 4.78 is 17.9. The predicted octanol–water partition coefficient (Wildman–Crippen LogP) is 4.95. The number of carbonyl (C=O) groups excluding carboxylic acids is 1. The predicted molar refractivity (Wildman–Crippen MR) is 121 cm³/mol. The maximum Gasteiger partial charge on any atom is 0.255 e. The van der Waals surface area contributed by atoms with Gasteiger partial charge < -0.3 is 5.32 Å². The van der Waals surface area contributed by atoms with E-state index in [4.69, 9.17) is 0 Å². The molecule has 4 rings (SSSR count). The summed E-state index contributed by atoms with van der Waals surface area (Å²) in [7, 11) is 0. The molecule has 0 saturated carbocycles. The Morgan fingerprint density at radius 2 is 1.84 bits per heavy atom. The lowest BCUT2D eigenvalue weighted by Crippen LogP contribution is -2.12. The van der Waals surface area contributed by atoms with Crippen molar-refractivity contribution in [2.45, 2.75) is 26.9 Å². The van der Waals surface area contributed by atoms with Crippen molar-refractivity contribution in [1.29, 1.82) is 0 Å². The summed E-state index contributed by atoms with van der Waals surface area (Å²) in [6.07, 6.45) is 3.30. The van der Waals surface area contributed by atoms with Crippen LogP contribution in [-0.2, 0) is 13.1 Å². The number of aryl methyl sites for hydroxylation is 1. The third-order valence-corrected chi connectivity index (χ3v) is 6.09. The lowest BCUT2D eigenvalue weighted by atomic mass is 10.1. The molecule has 0 saturated heterocycles. The van der Waals surface area contributed by atoms with Crippen molar-refractivity contribution in [1.82, 2.24) is 19.6 Å². The van der Waals surface area contributed by atoms with Gasteiger partial charge in [-0.1, -0.05) is 24.3 Å². The minimum absolute atomic E-state index is 0.221. The molecule has 0 unspecified atom stereocenters. The van der Waals surface area contributed by atoms with E-state index in [1.807, 2.05) is 42.8 Å². The van der Waals surface area contributed by atoms with Crippen molar-refractivity contribution in [3.8, 4) is 0 Å². The number of amides is 1. The van der Waals surface area contributed by atoms with E-state index in [2.05, 4.69) is 31.4 Å². The van der Waals surface area contributed by atoms with Gasteiger partial charge in [0.1, 0.15) is 5.82 Å². The second kappa shape index (κ2) is 8.85. The molecule has 0 aliphatic rings. The maximum atomic E-state index is 13.4. The molecule has 0 fully saturated rings. The number of halogens is 2. The van der Waals surface area contributed by atoms with E-state index in [0.29, 0.717) is 24.3 Å². The molecule has 158 valence electrons. The summed E-state index contributed by atoms with van der Waals surface area (Å²) in [5, 5.41) is 11.6. The number of benzene rings is 2. The Morgan fingerprint density at radius 3 is 2.55 bits per heavy atom. The molecule has 0 radical (unpaired) electrons. The molecule has 1 amide bonds. The van der Waals surface area contributed by atoms with Crippen LogP contribution < -0.4 is 5.32 Å². The zero-order valence-electron chi connectivity index (χ0n) is 17.1. The highest BCUT2D eigenvalue weighted by Gasteiger charge is 2.12. The lowest BCUT2D eigenvalue weighted by molar-refractivity contribution is 0.102. The van der Waals surface area contributed by atoms with Gasteiger partial charge in [-0.3, -0.25) is 14.2 Å². The van der Waals surface area contributed by atoms with Gasteiger partial charge in [0.15, 0.2) is 0 Å². The van der Waals surface area contributed by atoms with Crippen molar-refractivity contribution in [2.24, 2.45) is 0 Å². The molecule has 6 nitrogen and oxygen atoms in total. The van der Waals surface area contributed by atoms with Gasteiger partial charge in [-0.05, 0) is 65.2 Å². The molecule has 1 N–H and O–H groups in total. The molecule has 2 aromatic carbocycles. The number of hydrogen-bond acceptors (Lipinski definition) is 3. The number of rotatable bonds is 6. The maximum absolute atomic E-state index is 13.4. The first-order valence-electron chi connectivity index (χ1n) is 9.76. The van der Waals surface area contributed by atoms with Gasteiger partial charge in [0.05, 0.1) is 40.8 Å². The number of hydrogen-bond donors (Lipinski definition) is 1. The lowest BCUT2D eigenvalue weighted by Gasteiger charge is -2.08. The summed E-state index contributed by atoms with van der Waals surface area (Å²) >= 11 is 3.54. The number of aromatic nitrogens is 4. The van der Waals surface area contributed by atoms with Crippen molar-refractivity contribution < 1.29 is 9.18 Å². The first kappa shape index (κ1) is 21.0. The molecule has 2 aromatic heterocycles. The fourth-order valence-electron chi connectivity index (χ4n) is 3.35. The van der Waals surface area contributed by atoms with Crippen LogP contribution >= 0.6 is 15.9 Å². The van der Waals surface area contributed by atoms with Crippen LogP contribution in [0.5, 0.6) is 0 Å². The third kappa shape index (κ3) is 4.91. The highest BCUT2D eigenvalue weighted by Crippen LogP contribution is 2.21. The quantitative estimate of drug-likeness (QED) is 0.423. The molecular weight excluding hydrogens is 461 g/mol. The molecule has 31 heavy (non-hydrogen) atoms. The van der Waals surface area contributed by atoms with E-state index in [9.17, 15) is 9.18 Å². The SMILES string of the molecule is Cc1nn(Cc2cccc(C(=O)Nc3cnn(Cc4cccc(F)c4)c3)c2)c(C)c1Br. The Hall–Kier alpha value is -3.26. The molecule has 8 heteroatoms. The Bertz CT molecular complexity index is 1250. The Kier molecular flexibility index (Phi) is 5.99. The van der Waals surface area contributed by atoms with E-state index in [0.717, 1.165) is 27.0 Å². The van der Waals surface area contributed by atoms with Gasteiger partial charge in [0, 0.05) is 11.8 Å². The van der Waals surface area contributed by atoms with Crippen LogP contribution in [0.3, 0.4) is 0 Å². The average molecular weight is 482 g/mol. The molecule has 0 bridgehead atoms. The fraction of sp³-hybridized carbons (Fsp3) is 0.174. The highest BCUT2D eigenvalue weighted by molar-refractivity contribution is 9.10. The third-order valence-electron chi connectivity index (χ3n) is 4.94. The van der Waals surface area contributed by atoms with E-state index >= 15 is 0 Å². The Balaban J connectivity index is 1.44. The minimum atomic E-state index is -0.286. The second-order valence-electron chi connectivity index (χ2n) is 7.35. The van der Waals surface area contributed by atoms with Gasteiger partial charge >= 0.3 is 0 Å². The number of nitrogens with zero attached hydrogens (tertiary/aromatic N) is 4. The van der Waals surface area contributed by atoms with Gasteiger partial charge in [-0.25, -0.2) is 4.39 Å². The minimum Gasteiger partial charge on any atom is -0.319 e. The number of nitrogens with one attached hydrogen (secondary N) is 1. The van der Waals surface area contributed by atoms with Crippen LogP contribution in [0.15, 0.2) is 65.4 Å². The van der Waals surface area contributed by atoms with Crippen LogP contribution in [0, 0.1) is 19.7 Å². The summed E-state index contributed by atoms with van der Waals surface area (Å²) in [5.74, 6) is -0.507. The van der Waals surface area contributed by atoms with Crippen LogP contribution in [0.1, 0.15) is 32.9 Å². The van der Waals surface area contributed by atoms with Crippen molar-refractivity contribution in [3.63, 3.8) is 0 Å². The first-order chi connectivity index (χ1) is 14.9. The zero-order valence-corrected chi connectivity index (χ0v) is 18.7. The smallest absolute Gasteiger partial charge is 0.255 e. The van der Waals surface area contributed by atoms with Gasteiger partial charge in [-0.15, -0.1) is 0 Å². The highest BCUT2D eigenvalue weighted by atomic mass is 79.9. The van der Waals surface area contributed by atoms with E-state index in [-0.39, 0.29) is 11.7 Å². The van der Waals surface area contributed by atoms with E-state index in [1.54, 1.807) is 29.2 Å². The van der Waals surface area contributed by atoms with Crippen molar-refractivity contribution in [3.05, 3.63) is 99.3 Å². The molecule has 0 aliphatic carbocycles. The van der Waals surface area contributed by atoms with Crippen molar-refractivity contribution in [2.75, 3.05) is 5.32 Å². The summed E-state index contributed by atoms with van der Waals surface area (Å²) in [5.41, 5.74) is 4.88. The van der Waals surface area contributed by atoms with Crippen LogP contribution in [0.4, 0.5) is 10.1 Å². The molecular formula is C23H21BrFN5O. The van der Waals surface area contributed by atoms with Gasteiger partial charge in [0.25, 0.3) is 5.91 Å². The number of anilines is 1. The molecule has 0 aliphatic heterocycles. The molecule has 4 aromatic rings. The molecule has 0 spiro atoms. The van der Waals surface area contributed by atoms with Crippen molar-refractivity contribution >= 4 is 27.5 Å². The standard InChI is InChI=1S/C23H21BrFN5O/c1-15-22(24)16(2)30(28-15)13-17-5-3-7-19(9-17)23(31)27-21-11-26-29(14-21)12-18-6-4-8-20(25)10-18/h3-11,14H,12-13H2,1-2H3,(H,27,31). The van der Waals surface area contributed by atoms with Crippen LogP contribution in [0.2, 0.25) is 0 Å². The largest absolute Gasteiger partial charge is 0.319 e. The topological polar surface area (TPSA) is 64.7 Å². The Morgan fingerprint density at radius 1 is 1.10 bits per heavy atom. The summed E-state index contributed by atoms with van der Waals surface area (Å²) in [6.45, 7) is 4.94. The van der Waals surface area contributed by atoms with E-state index in [1.165, 1.54) is 12.1 Å². The van der Waals surface area contributed by atoms with Crippen LogP contribution in [0.25, 0.3) is 0 Å². The first-order valence-corrected chi connectivity index (χ1v) is 10.5. The van der Waals surface area contributed by atoms with E-state index < -0.39 is 0 Å².